The van der Waals surface area contributed by atoms with Gasteiger partial charge in [-0.25, -0.2) is 4.57 Å². The summed E-state index contributed by atoms with van der Waals surface area (Å²) in [6.45, 7) is 4.01. The van der Waals surface area contributed by atoms with E-state index in [4.69, 9.17) is 14.8 Å². The predicted octanol–water partition coefficient (Wildman–Crippen LogP) is 5.76. The molecule has 0 aliphatic heterocycles. The molecule has 0 heterocycles. The van der Waals surface area contributed by atoms with Crippen LogP contribution in [-0.2, 0) is 18.4 Å². The van der Waals surface area contributed by atoms with Crippen molar-refractivity contribution in [2.24, 2.45) is 5.73 Å². The van der Waals surface area contributed by atoms with Crippen molar-refractivity contribution in [3.63, 3.8) is 0 Å². The van der Waals surface area contributed by atoms with Gasteiger partial charge in [-0.2, -0.15) is 0 Å². The number of carbonyl (C=O) groups is 1. The van der Waals surface area contributed by atoms with Gasteiger partial charge >= 0.3 is 7.82 Å². The SMILES string of the molecule is CCCCCCCCC/C=C/[C@@H](O)[C@H](COP(=O)(O)OCCN)NC(=O)CCCCCCCCC. The molecule has 1 unspecified atom stereocenters. The van der Waals surface area contributed by atoms with Gasteiger partial charge in [0.15, 0.2) is 0 Å². The lowest BCUT2D eigenvalue weighted by atomic mass is 10.1. The molecule has 0 aromatic carbocycles. The summed E-state index contributed by atoms with van der Waals surface area (Å²) in [5.74, 6) is -0.206. The number of aliphatic hydroxyl groups is 1. The number of unbranched alkanes of at least 4 members (excludes halogenated alkanes) is 13. The van der Waals surface area contributed by atoms with E-state index < -0.39 is 20.0 Å². The average Bonchev–Trinajstić information content (AvgIpc) is 2.83. The maximum atomic E-state index is 12.4. The Balaban J connectivity index is 4.56. The third-order valence-corrected chi connectivity index (χ3v) is 6.85. The Bertz CT molecular complexity index is 576. The Kier molecular flexibility index (Phi) is 23.1. The lowest BCUT2D eigenvalue weighted by Gasteiger charge is -2.23. The Hall–Kier alpha value is -0.760. The largest absolute Gasteiger partial charge is 0.472 e. The first kappa shape index (κ1) is 34.2. The minimum absolute atomic E-state index is 0.0798. The molecule has 0 spiro atoms. The summed E-state index contributed by atoms with van der Waals surface area (Å²) < 4.78 is 21.7. The first-order valence-corrected chi connectivity index (χ1v) is 15.3. The molecule has 8 nitrogen and oxygen atoms in total. The van der Waals surface area contributed by atoms with E-state index in [0.717, 1.165) is 38.5 Å². The molecule has 0 aromatic rings. The maximum absolute atomic E-state index is 12.4. The normalized spacial score (nSPS) is 15.2. The minimum Gasteiger partial charge on any atom is -0.387 e. The zero-order valence-electron chi connectivity index (χ0n) is 22.3. The smallest absolute Gasteiger partial charge is 0.387 e. The standard InChI is InChI=1S/C26H53N2O6P/c1-3-5-7-9-11-12-14-15-17-19-25(29)24(23-34-35(31,32)33-22-21-27)28-26(30)20-18-16-13-10-8-6-4-2/h17,19,24-25,29H,3-16,18,20-23,27H2,1-2H3,(H,28,30)(H,31,32)/b19-17+/t24-,25+/m0/s1. The first-order valence-electron chi connectivity index (χ1n) is 13.8. The van der Waals surface area contributed by atoms with Crippen LogP contribution in [0.2, 0.25) is 0 Å². The highest BCUT2D eigenvalue weighted by atomic mass is 31.2. The van der Waals surface area contributed by atoms with Crippen LogP contribution >= 0.6 is 7.82 Å². The number of amides is 1. The van der Waals surface area contributed by atoms with E-state index in [2.05, 4.69) is 19.2 Å². The highest BCUT2D eigenvalue weighted by Gasteiger charge is 2.26. The third kappa shape index (κ3) is 22.2. The fourth-order valence-corrected chi connectivity index (χ4v) is 4.48. The fraction of sp³-hybridized carbons (Fsp3) is 0.885. The lowest BCUT2D eigenvalue weighted by molar-refractivity contribution is -0.123. The minimum atomic E-state index is -4.30. The molecule has 0 rings (SSSR count). The summed E-state index contributed by atoms with van der Waals surface area (Å²) in [5.41, 5.74) is 5.30. The second-order valence-corrected chi connectivity index (χ2v) is 10.7. The van der Waals surface area contributed by atoms with Gasteiger partial charge in [0.05, 0.1) is 25.4 Å². The molecule has 0 radical (unpaired) electrons. The van der Waals surface area contributed by atoms with Gasteiger partial charge in [-0.1, -0.05) is 103 Å². The molecule has 0 bridgehead atoms. The highest BCUT2D eigenvalue weighted by Crippen LogP contribution is 2.43. The Morgan fingerprint density at radius 2 is 1.46 bits per heavy atom. The summed E-state index contributed by atoms with van der Waals surface area (Å²) >= 11 is 0. The van der Waals surface area contributed by atoms with Crippen LogP contribution in [0.5, 0.6) is 0 Å². The van der Waals surface area contributed by atoms with Crippen LogP contribution in [0.4, 0.5) is 0 Å². The quantitative estimate of drug-likeness (QED) is 0.0683. The van der Waals surface area contributed by atoms with Gasteiger partial charge in [-0.05, 0) is 19.3 Å². The number of hydrogen-bond acceptors (Lipinski definition) is 6. The fourth-order valence-electron chi connectivity index (χ4n) is 3.72. The van der Waals surface area contributed by atoms with Crippen LogP contribution in [0.3, 0.4) is 0 Å². The second-order valence-electron chi connectivity index (χ2n) is 9.26. The van der Waals surface area contributed by atoms with Crippen molar-refractivity contribution in [1.29, 1.82) is 0 Å². The van der Waals surface area contributed by atoms with Crippen LogP contribution in [0.1, 0.15) is 117 Å². The van der Waals surface area contributed by atoms with Crippen molar-refractivity contribution in [1.82, 2.24) is 5.32 Å². The highest BCUT2D eigenvalue weighted by molar-refractivity contribution is 7.47. The molecule has 35 heavy (non-hydrogen) atoms. The average molecular weight is 521 g/mol. The van der Waals surface area contributed by atoms with Crippen molar-refractivity contribution in [3.8, 4) is 0 Å². The maximum Gasteiger partial charge on any atom is 0.472 e. The van der Waals surface area contributed by atoms with Crippen molar-refractivity contribution in [3.05, 3.63) is 12.2 Å². The number of hydrogen-bond donors (Lipinski definition) is 4. The predicted molar refractivity (Wildman–Crippen MR) is 143 cm³/mol. The van der Waals surface area contributed by atoms with E-state index in [-0.39, 0.29) is 25.7 Å². The number of allylic oxidation sites excluding steroid dienone is 1. The van der Waals surface area contributed by atoms with Crippen molar-refractivity contribution in [2.45, 2.75) is 129 Å². The van der Waals surface area contributed by atoms with E-state index in [1.54, 1.807) is 6.08 Å². The number of phosphoric acid groups is 1. The lowest BCUT2D eigenvalue weighted by Crippen LogP contribution is -2.45. The summed E-state index contributed by atoms with van der Waals surface area (Å²) in [4.78, 5) is 22.2. The molecule has 0 aromatic heterocycles. The Morgan fingerprint density at radius 1 is 0.914 bits per heavy atom. The van der Waals surface area contributed by atoms with E-state index in [0.29, 0.717) is 6.42 Å². The summed E-state index contributed by atoms with van der Waals surface area (Å²) in [6, 6.07) is -0.848. The molecule has 1 amide bonds. The zero-order valence-corrected chi connectivity index (χ0v) is 23.2. The molecule has 5 N–H and O–H groups in total. The number of carbonyl (C=O) groups excluding carboxylic acids is 1. The van der Waals surface area contributed by atoms with Gasteiger partial charge in [0.25, 0.3) is 0 Å². The van der Waals surface area contributed by atoms with E-state index >= 15 is 0 Å². The number of rotatable bonds is 25. The second kappa shape index (κ2) is 23.6. The van der Waals surface area contributed by atoms with E-state index in [1.807, 2.05) is 6.08 Å². The molecular formula is C26H53N2O6P. The molecule has 0 aliphatic rings. The van der Waals surface area contributed by atoms with Crippen molar-refractivity contribution in [2.75, 3.05) is 19.8 Å². The molecule has 3 atom stereocenters. The number of nitrogens with one attached hydrogen (secondary N) is 1. The molecule has 9 heteroatoms. The molecule has 0 fully saturated rings. The molecular weight excluding hydrogens is 467 g/mol. The van der Waals surface area contributed by atoms with Gasteiger partial charge in [0.1, 0.15) is 0 Å². The van der Waals surface area contributed by atoms with Crippen molar-refractivity contribution < 1.29 is 28.4 Å². The van der Waals surface area contributed by atoms with E-state index in [1.165, 1.54) is 57.8 Å². The Morgan fingerprint density at radius 3 is 2.03 bits per heavy atom. The van der Waals surface area contributed by atoms with Gasteiger partial charge in [0.2, 0.25) is 5.91 Å². The summed E-state index contributed by atoms with van der Waals surface area (Å²) in [7, 11) is -4.30. The van der Waals surface area contributed by atoms with E-state index in [9.17, 15) is 19.4 Å². The first-order chi connectivity index (χ1) is 16.9. The van der Waals surface area contributed by atoms with Gasteiger partial charge in [0, 0.05) is 13.0 Å². The number of aliphatic hydroxyl groups excluding tert-OH is 1. The molecule has 208 valence electrons. The van der Waals surface area contributed by atoms with Gasteiger partial charge in [-0.3, -0.25) is 13.8 Å². The topological polar surface area (TPSA) is 131 Å². The van der Waals surface area contributed by atoms with Crippen LogP contribution < -0.4 is 11.1 Å². The van der Waals surface area contributed by atoms with Crippen LogP contribution in [0.25, 0.3) is 0 Å². The molecule has 0 aliphatic carbocycles. The summed E-state index contributed by atoms with van der Waals surface area (Å²) in [6.07, 6.45) is 19.9. The van der Waals surface area contributed by atoms with Crippen molar-refractivity contribution >= 4 is 13.7 Å². The third-order valence-electron chi connectivity index (χ3n) is 5.86. The van der Waals surface area contributed by atoms with Gasteiger partial charge < -0.3 is 21.1 Å². The number of phosphoric ester groups is 1. The monoisotopic (exact) mass is 520 g/mol. The number of nitrogens with two attached hydrogens (primary N) is 1. The zero-order chi connectivity index (χ0) is 26.2. The van der Waals surface area contributed by atoms with Crippen LogP contribution in [0, 0.1) is 0 Å². The van der Waals surface area contributed by atoms with Crippen LogP contribution in [0.15, 0.2) is 12.2 Å². The van der Waals surface area contributed by atoms with Crippen LogP contribution in [-0.4, -0.2) is 47.8 Å². The summed E-state index contributed by atoms with van der Waals surface area (Å²) in [5, 5.41) is 13.4. The Labute approximate surface area is 214 Å². The van der Waals surface area contributed by atoms with Gasteiger partial charge in [-0.15, -0.1) is 0 Å². The molecule has 0 saturated heterocycles. The molecule has 0 saturated carbocycles.